The standard InChI is InChI=1S/C30H25N3O4S2/c31-39(35,36)26-17-13-24(14-18-26)32-27(34)19-20-37-25-15-11-23(12-16-25)30-33-28(21-7-3-1-4-8-21)29(38-30)22-9-5-2-6-10-22/h1-18H,19-20H2,(H,32,34)(H2,31,35,36). The SMILES string of the molecule is NS(=O)(=O)c1ccc(NC(=O)CCOc2ccc(-c3nc(-c4ccccc4)c(-c4ccccc4)s3)cc2)cc1. The van der Waals surface area contributed by atoms with E-state index in [0.717, 1.165) is 32.3 Å². The van der Waals surface area contributed by atoms with E-state index in [4.69, 9.17) is 14.9 Å². The van der Waals surface area contributed by atoms with Gasteiger partial charge in [-0.2, -0.15) is 0 Å². The van der Waals surface area contributed by atoms with Gasteiger partial charge in [0.25, 0.3) is 0 Å². The highest BCUT2D eigenvalue weighted by Gasteiger charge is 2.16. The highest BCUT2D eigenvalue weighted by Crippen LogP contribution is 2.40. The second kappa shape index (κ2) is 11.6. The maximum absolute atomic E-state index is 12.3. The summed E-state index contributed by atoms with van der Waals surface area (Å²) in [6, 6.07) is 33.7. The summed E-state index contributed by atoms with van der Waals surface area (Å²) in [5, 5.41) is 8.71. The average Bonchev–Trinajstić information content (AvgIpc) is 3.40. The Kier molecular flexibility index (Phi) is 7.83. The van der Waals surface area contributed by atoms with Gasteiger partial charge in [-0.25, -0.2) is 18.5 Å². The number of carbonyl (C=O) groups is 1. The Hall–Kier alpha value is -4.31. The largest absolute Gasteiger partial charge is 0.493 e. The van der Waals surface area contributed by atoms with Crippen LogP contribution in [0.1, 0.15) is 6.42 Å². The maximum Gasteiger partial charge on any atom is 0.238 e. The Morgan fingerprint density at radius 2 is 1.41 bits per heavy atom. The van der Waals surface area contributed by atoms with Crippen LogP contribution in [0.5, 0.6) is 5.75 Å². The molecule has 7 nitrogen and oxygen atoms in total. The van der Waals surface area contributed by atoms with Crippen molar-refractivity contribution in [3.63, 3.8) is 0 Å². The van der Waals surface area contributed by atoms with Crippen LogP contribution in [-0.4, -0.2) is 25.9 Å². The third-order valence-corrected chi connectivity index (χ3v) is 7.96. The van der Waals surface area contributed by atoms with E-state index in [1.165, 1.54) is 24.3 Å². The zero-order chi connectivity index (χ0) is 27.2. The summed E-state index contributed by atoms with van der Waals surface area (Å²) < 4.78 is 28.5. The summed E-state index contributed by atoms with van der Waals surface area (Å²) in [6.45, 7) is 0.188. The average molecular weight is 556 g/mol. The van der Waals surface area contributed by atoms with Crippen molar-refractivity contribution >= 4 is 33.0 Å². The molecule has 0 spiro atoms. The van der Waals surface area contributed by atoms with E-state index >= 15 is 0 Å². The zero-order valence-corrected chi connectivity index (χ0v) is 22.4. The molecule has 4 aromatic carbocycles. The molecule has 5 rings (SSSR count). The van der Waals surface area contributed by atoms with Gasteiger partial charge in [-0.3, -0.25) is 4.79 Å². The lowest BCUT2D eigenvalue weighted by Crippen LogP contribution is -2.16. The van der Waals surface area contributed by atoms with E-state index in [-0.39, 0.29) is 23.8 Å². The molecule has 3 N–H and O–H groups in total. The van der Waals surface area contributed by atoms with Crippen molar-refractivity contribution in [3.05, 3.63) is 109 Å². The number of nitrogens with two attached hydrogens (primary N) is 1. The van der Waals surface area contributed by atoms with Crippen molar-refractivity contribution in [2.45, 2.75) is 11.3 Å². The summed E-state index contributed by atoms with van der Waals surface area (Å²) in [5.74, 6) is 0.395. The van der Waals surface area contributed by atoms with Gasteiger partial charge in [0.05, 0.1) is 28.5 Å². The Morgan fingerprint density at radius 1 is 0.795 bits per heavy atom. The van der Waals surface area contributed by atoms with Crippen LogP contribution in [-0.2, 0) is 14.8 Å². The fourth-order valence-corrected chi connectivity index (χ4v) is 5.54. The molecule has 0 aliphatic carbocycles. The molecule has 0 atom stereocenters. The van der Waals surface area contributed by atoms with Crippen LogP contribution in [0.15, 0.2) is 114 Å². The lowest BCUT2D eigenvalue weighted by atomic mass is 10.1. The molecular formula is C30H25N3O4S2. The van der Waals surface area contributed by atoms with E-state index in [9.17, 15) is 13.2 Å². The van der Waals surface area contributed by atoms with Crippen LogP contribution in [0, 0.1) is 0 Å². The number of sulfonamides is 1. The Labute approximate surface area is 231 Å². The fraction of sp³-hybridized carbons (Fsp3) is 0.0667. The van der Waals surface area contributed by atoms with Gasteiger partial charge in [-0.05, 0) is 54.1 Å². The molecule has 5 aromatic rings. The summed E-state index contributed by atoms with van der Waals surface area (Å²) in [5.41, 5.74) is 4.60. The molecule has 0 bridgehead atoms. The lowest BCUT2D eigenvalue weighted by Gasteiger charge is -2.08. The van der Waals surface area contributed by atoms with Crippen LogP contribution >= 0.6 is 11.3 Å². The Bertz CT molecular complexity index is 1610. The number of hydrogen-bond acceptors (Lipinski definition) is 6. The molecular weight excluding hydrogens is 530 g/mol. The highest BCUT2D eigenvalue weighted by atomic mass is 32.2. The van der Waals surface area contributed by atoms with Crippen molar-refractivity contribution < 1.29 is 17.9 Å². The van der Waals surface area contributed by atoms with Gasteiger partial charge in [-0.15, -0.1) is 11.3 Å². The third-order valence-electron chi connectivity index (χ3n) is 5.88. The molecule has 196 valence electrons. The first-order chi connectivity index (χ1) is 18.9. The van der Waals surface area contributed by atoms with E-state index in [0.29, 0.717) is 11.4 Å². The number of ether oxygens (including phenoxy) is 1. The number of aromatic nitrogens is 1. The molecule has 0 radical (unpaired) electrons. The quantitative estimate of drug-likeness (QED) is 0.225. The van der Waals surface area contributed by atoms with Crippen LogP contribution < -0.4 is 15.2 Å². The molecule has 0 unspecified atom stereocenters. The number of carbonyl (C=O) groups excluding carboxylic acids is 1. The number of rotatable bonds is 9. The predicted octanol–water partition coefficient (Wildman–Crippen LogP) is 6.20. The fourth-order valence-electron chi connectivity index (χ4n) is 3.93. The van der Waals surface area contributed by atoms with Gasteiger partial charge in [0, 0.05) is 16.8 Å². The summed E-state index contributed by atoms with van der Waals surface area (Å²) in [4.78, 5) is 18.3. The van der Waals surface area contributed by atoms with Gasteiger partial charge in [0.1, 0.15) is 10.8 Å². The minimum absolute atomic E-state index is 0.0161. The first-order valence-electron chi connectivity index (χ1n) is 12.1. The summed E-state index contributed by atoms with van der Waals surface area (Å²) in [6.07, 6.45) is 0.131. The molecule has 9 heteroatoms. The Balaban J connectivity index is 1.23. The van der Waals surface area contributed by atoms with Gasteiger partial charge >= 0.3 is 0 Å². The van der Waals surface area contributed by atoms with Gasteiger partial charge in [0.2, 0.25) is 15.9 Å². The first kappa shape index (κ1) is 26.3. The van der Waals surface area contributed by atoms with Crippen LogP contribution in [0.3, 0.4) is 0 Å². The number of hydrogen-bond donors (Lipinski definition) is 2. The van der Waals surface area contributed by atoms with Crippen molar-refractivity contribution in [1.82, 2.24) is 4.98 Å². The summed E-state index contributed by atoms with van der Waals surface area (Å²) >= 11 is 1.65. The predicted molar refractivity (Wildman–Crippen MR) is 155 cm³/mol. The number of benzene rings is 4. The van der Waals surface area contributed by atoms with Crippen molar-refractivity contribution in [2.24, 2.45) is 5.14 Å². The number of anilines is 1. The minimum atomic E-state index is -3.78. The monoisotopic (exact) mass is 555 g/mol. The highest BCUT2D eigenvalue weighted by molar-refractivity contribution is 7.89. The zero-order valence-electron chi connectivity index (χ0n) is 20.8. The third kappa shape index (κ3) is 6.58. The molecule has 0 aliphatic rings. The second-order valence-corrected chi connectivity index (χ2v) is 11.2. The number of amides is 1. The van der Waals surface area contributed by atoms with Crippen LogP contribution in [0.4, 0.5) is 5.69 Å². The molecule has 0 saturated heterocycles. The second-order valence-electron chi connectivity index (χ2n) is 8.67. The van der Waals surface area contributed by atoms with Crippen molar-refractivity contribution in [3.8, 4) is 38.0 Å². The van der Waals surface area contributed by atoms with E-state index in [1.54, 1.807) is 11.3 Å². The molecule has 0 saturated carbocycles. The van der Waals surface area contributed by atoms with E-state index < -0.39 is 10.0 Å². The topological polar surface area (TPSA) is 111 Å². The smallest absolute Gasteiger partial charge is 0.238 e. The first-order valence-corrected chi connectivity index (χ1v) is 14.5. The van der Waals surface area contributed by atoms with Crippen molar-refractivity contribution in [1.29, 1.82) is 0 Å². The number of nitrogens with zero attached hydrogens (tertiary/aromatic N) is 1. The van der Waals surface area contributed by atoms with E-state index in [2.05, 4.69) is 29.6 Å². The molecule has 39 heavy (non-hydrogen) atoms. The molecule has 1 amide bonds. The van der Waals surface area contributed by atoms with E-state index in [1.807, 2.05) is 60.7 Å². The number of primary sulfonamides is 1. The molecule has 0 fully saturated rings. The summed E-state index contributed by atoms with van der Waals surface area (Å²) in [7, 11) is -3.78. The van der Waals surface area contributed by atoms with Crippen molar-refractivity contribution in [2.75, 3.05) is 11.9 Å². The minimum Gasteiger partial charge on any atom is -0.493 e. The Morgan fingerprint density at radius 3 is 2.03 bits per heavy atom. The molecule has 0 aliphatic heterocycles. The number of thiazole rings is 1. The lowest BCUT2D eigenvalue weighted by molar-refractivity contribution is -0.116. The normalized spacial score (nSPS) is 11.2. The van der Waals surface area contributed by atoms with Gasteiger partial charge in [0.15, 0.2) is 0 Å². The maximum atomic E-state index is 12.3. The van der Waals surface area contributed by atoms with Crippen LogP contribution in [0.2, 0.25) is 0 Å². The van der Waals surface area contributed by atoms with Gasteiger partial charge < -0.3 is 10.1 Å². The number of nitrogens with one attached hydrogen (secondary N) is 1. The molecule has 1 aromatic heterocycles. The molecule has 1 heterocycles. The van der Waals surface area contributed by atoms with Gasteiger partial charge in [-0.1, -0.05) is 60.7 Å². The van der Waals surface area contributed by atoms with Crippen LogP contribution in [0.25, 0.3) is 32.3 Å².